The molecule has 0 heterocycles. The molecule has 0 saturated heterocycles. The molecule has 0 aliphatic heterocycles. The maximum Gasteiger partial charge on any atom is 0.472 e. The summed E-state index contributed by atoms with van der Waals surface area (Å²) in [4.78, 5) is 73.0. The zero-order valence-electron chi connectivity index (χ0n) is 64.0. The monoisotopic (exact) mass is 1470 g/mol. The number of rotatable bonds is 74. The molecule has 19 heteroatoms. The van der Waals surface area contributed by atoms with Crippen molar-refractivity contribution in [3.8, 4) is 0 Å². The highest BCUT2D eigenvalue weighted by Gasteiger charge is 2.30. The standard InChI is InChI=1S/C83H142O17P2/c1-5-9-13-17-21-25-29-33-36-37-38-39-42-45-48-52-56-60-64-68-81(86)94-74-79(100-83(88)70-66-62-58-54-50-46-41-35-31-27-23-19-15-11-7-3)76-98-102(91,92)96-72-77(84)71-95-101(89,90)97-75-78(99-82(87)69-65-61-57-53-49-43-32-28-24-20-16-12-8-4)73-93-80(85)67-63-59-55-51-47-44-40-34-30-26-22-18-14-10-6-2/h11,15-16,20-21,23,25,27-28,32-36,38-41,50,54,77-79,84H,5-10,12-14,17-19,22,24,26,29-31,37,42-49,51-53,55-76H2,1-4H3,(H,89,90)(H,91,92)/b15-11-,20-16-,25-21-,27-23-,32-28-,36-33-,39-38-,40-34-,41-35-,54-50-. The van der Waals surface area contributed by atoms with Crippen LogP contribution in [0.25, 0.3) is 0 Å². The summed E-state index contributed by atoms with van der Waals surface area (Å²) in [6, 6.07) is 0. The first-order valence-electron chi connectivity index (χ1n) is 39.8. The van der Waals surface area contributed by atoms with Gasteiger partial charge in [0.15, 0.2) is 12.2 Å². The smallest absolute Gasteiger partial charge is 0.462 e. The quantitative estimate of drug-likeness (QED) is 0.0169. The van der Waals surface area contributed by atoms with E-state index in [0.29, 0.717) is 32.1 Å². The Balaban J connectivity index is 5.40. The van der Waals surface area contributed by atoms with E-state index in [1.54, 1.807) is 0 Å². The van der Waals surface area contributed by atoms with Gasteiger partial charge in [0.05, 0.1) is 26.4 Å². The highest BCUT2D eigenvalue weighted by molar-refractivity contribution is 7.47. The summed E-state index contributed by atoms with van der Waals surface area (Å²) in [5, 5.41) is 10.6. The number of esters is 4. The van der Waals surface area contributed by atoms with Crippen LogP contribution in [0.1, 0.15) is 323 Å². The first-order chi connectivity index (χ1) is 49.7. The lowest BCUT2D eigenvalue weighted by Gasteiger charge is -2.21. The number of phosphoric ester groups is 2. The third-order valence-electron chi connectivity index (χ3n) is 16.4. The van der Waals surface area contributed by atoms with Gasteiger partial charge in [-0.1, -0.05) is 265 Å². The van der Waals surface area contributed by atoms with Crippen LogP contribution in [0, 0.1) is 0 Å². The zero-order valence-corrected chi connectivity index (χ0v) is 65.8. The van der Waals surface area contributed by atoms with Crippen molar-refractivity contribution in [2.75, 3.05) is 39.6 Å². The number of aliphatic hydroxyl groups is 1. The van der Waals surface area contributed by atoms with Gasteiger partial charge in [-0.25, -0.2) is 9.13 Å². The lowest BCUT2D eigenvalue weighted by molar-refractivity contribution is -0.161. The Morgan fingerprint density at radius 1 is 0.284 bits per heavy atom. The highest BCUT2D eigenvalue weighted by atomic mass is 31.2. The number of hydrogen-bond donors (Lipinski definition) is 3. The number of carbonyl (C=O) groups is 4. The molecule has 5 atom stereocenters. The number of phosphoric acid groups is 2. The molecule has 3 N–H and O–H groups in total. The van der Waals surface area contributed by atoms with Crippen molar-refractivity contribution < 1.29 is 80.2 Å². The van der Waals surface area contributed by atoms with Gasteiger partial charge in [0.1, 0.15) is 19.3 Å². The van der Waals surface area contributed by atoms with E-state index in [1.165, 1.54) is 57.8 Å². The van der Waals surface area contributed by atoms with E-state index in [0.717, 1.165) is 180 Å². The Bertz CT molecular complexity index is 2410. The third kappa shape index (κ3) is 73.8. The Hall–Kier alpha value is -4.54. The highest BCUT2D eigenvalue weighted by Crippen LogP contribution is 2.45. The summed E-state index contributed by atoms with van der Waals surface area (Å²) in [6.07, 6.45) is 81.8. The second-order valence-corrected chi connectivity index (χ2v) is 29.2. The maximum atomic E-state index is 13.1. The molecular weight excluding hydrogens is 1330 g/mol. The number of allylic oxidation sites excluding steroid dienone is 20. The SMILES string of the molecule is CC/C=C\C/C=C\C/C=C\C/C=C\CCCCC(=O)OC(COC(=O)CCCCCCCC/C=C\C/C=C\C/C=C\CCCCC)COP(=O)(O)OCC(O)COP(=O)(O)OCC(COC(=O)CCCCCCC/C=C\CCCCCCCC)OC(=O)CCCCCCC/C=C\C/C=C\CCC. The van der Waals surface area contributed by atoms with Gasteiger partial charge < -0.3 is 33.8 Å². The fourth-order valence-corrected chi connectivity index (χ4v) is 11.9. The third-order valence-corrected chi connectivity index (χ3v) is 18.3. The first kappa shape index (κ1) is 97.5. The van der Waals surface area contributed by atoms with Crippen LogP contribution in [0.5, 0.6) is 0 Å². The van der Waals surface area contributed by atoms with Gasteiger partial charge in [-0.05, 0) is 154 Å². The van der Waals surface area contributed by atoms with Crippen molar-refractivity contribution in [3.63, 3.8) is 0 Å². The van der Waals surface area contributed by atoms with Crippen molar-refractivity contribution in [2.24, 2.45) is 0 Å². The minimum Gasteiger partial charge on any atom is -0.462 e. The molecule has 586 valence electrons. The molecule has 0 aliphatic rings. The average Bonchev–Trinajstić information content (AvgIpc) is 0.907. The Labute approximate surface area is 619 Å². The largest absolute Gasteiger partial charge is 0.472 e. The zero-order chi connectivity index (χ0) is 74.6. The van der Waals surface area contributed by atoms with Crippen LogP contribution < -0.4 is 0 Å². The van der Waals surface area contributed by atoms with Crippen LogP contribution in [0.2, 0.25) is 0 Å². The van der Waals surface area contributed by atoms with Crippen molar-refractivity contribution in [1.82, 2.24) is 0 Å². The predicted molar refractivity (Wildman–Crippen MR) is 418 cm³/mol. The first-order valence-corrected chi connectivity index (χ1v) is 42.8. The van der Waals surface area contributed by atoms with Crippen molar-refractivity contribution in [3.05, 3.63) is 122 Å². The second kappa shape index (κ2) is 74.7. The molecule has 0 aromatic carbocycles. The van der Waals surface area contributed by atoms with Crippen LogP contribution in [0.15, 0.2) is 122 Å². The number of aliphatic hydroxyl groups excluding tert-OH is 1. The van der Waals surface area contributed by atoms with E-state index in [4.69, 9.17) is 37.0 Å². The van der Waals surface area contributed by atoms with E-state index < -0.39 is 97.5 Å². The molecule has 102 heavy (non-hydrogen) atoms. The molecule has 17 nitrogen and oxygen atoms in total. The molecule has 0 bridgehead atoms. The lowest BCUT2D eigenvalue weighted by atomic mass is 10.1. The summed E-state index contributed by atoms with van der Waals surface area (Å²) in [5.41, 5.74) is 0. The van der Waals surface area contributed by atoms with Crippen molar-refractivity contribution >= 4 is 39.5 Å². The van der Waals surface area contributed by atoms with Crippen LogP contribution in [-0.4, -0.2) is 96.7 Å². The molecule has 0 aliphatic carbocycles. The number of ether oxygens (including phenoxy) is 4. The van der Waals surface area contributed by atoms with Gasteiger partial charge in [-0.15, -0.1) is 0 Å². The fraction of sp³-hybridized carbons (Fsp3) is 0.711. The summed E-state index contributed by atoms with van der Waals surface area (Å²) >= 11 is 0. The summed E-state index contributed by atoms with van der Waals surface area (Å²) in [7, 11) is -9.98. The van der Waals surface area contributed by atoms with Crippen LogP contribution >= 0.6 is 15.6 Å². The van der Waals surface area contributed by atoms with E-state index in [-0.39, 0.29) is 25.7 Å². The van der Waals surface area contributed by atoms with Crippen molar-refractivity contribution in [1.29, 1.82) is 0 Å². The maximum absolute atomic E-state index is 13.1. The van der Waals surface area contributed by atoms with Gasteiger partial charge in [0, 0.05) is 25.7 Å². The predicted octanol–water partition coefficient (Wildman–Crippen LogP) is 23.1. The topological polar surface area (TPSA) is 237 Å². The summed E-state index contributed by atoms with van der Waals surface area (Å²) in [6.45, 7) is 4.59. The minimum atomic E-state index is -4.99. The second-order valence-electron chi connectivity index (χ2n) is 26.3. The summed E-state index contributed by atoms with van der Waals surface area (Å²) < 4.78 is 68.5. The molecule has 0 fully saturated rings. The van der Waals surface area contributed by atoms with Gasteiger partial charge in [0.25, 0.3) is 0 Å². The van der Waals surface area contributed by atoms with Gasteiger partial charge in [-0.2, -0.15) is 0 Å². The van der Waals surface area contributed by atoms with Crippen LogP contribution in [-0.2, 0) is 65.4 Å². The normalized spacial score (nSPS) is 14.5. The van der Waals surface area contributed by atoms with Gasteiger partial charge >= 0.3 is 39.5 Å². The van der Waals surface area contributed by atoms with Crippen LogP contribution in [0.4, 0.5) is 0 Å². The van der Waals surface area contributed by atoms with Crippen LogP contribution in [0.3, 0.4) is 0 Å². The molecule has 0 amide bonds. The Morgan fingerprint density at radius 2 is 0.529 bits per heavy atom. The molecule has 0 aromatic heterocycles. The number of hydrogen-bond acceptors (Lipinski definition) is 15. The molecule has 0 rings (SSSR count). The molecule has 0 saturated carbocycles. The molecule has 0 aromatic rings. The Kier molecular flexibility index (Phi) is 71.4. The fourth-order valence-electron chi connectivity index (χ4n) is 10.3. The average molecular weight is 1470 g/mol. The molecular formula is C83H142O17P2. The number of carbonyl (C=O) groups excluding carboxylic acids is 4. The van der Waals surface area contributed by atoms with E-state index in [1.807, 2.05) is 0 Å². The number of unbranched alkanes of at least 4 members (excludes halogenated alkanes) is 28. The lowest BCUT2D eigenvalue weighted by Crippen LogP contribution is -2.30. The van der Waals surface area contributed by atoms with E-state index >= 15 is 0 Å². The van der Waals surface area contributed by atoms with Crippen molar-refractivity contribution in [2.45, 2.75) is 341 Å². The van der Waals surface area contributed by atoms with E-state index in [2.05, 4.69) is 149 Å². The molecule has 0 spiro atoms. The Morgan fingerprint density at radius 3 is 0.873 bits per heavy atom. The van der Waals surface area contributed by atoms with Gasteiger partial charge in [0.2, 0.25) is 0 Å². The van der Waals surface area contributed by atoms with Gasteiger partial charge in [-0.3, -0.25) is 37.3 Å². The molecule has 5 unspecified atom stereocenters. The molecule has 0 radical (unpaired) electrons. The summed E-state index contributed by atoms with van der Waals surface area (Å²) in [5.74, 6) is -2.26. The van der Waals surface area contributed by atoms with E-state index in [9.17, 15) is 43.2 Å². The minimum absolute atomic E-state index is 0.0370.